The van der Waals surface area contributed by atoms with Crippen molar-refractivity contribution >= 4 is 38.9 Å². The summed E-state index contributed by atoms with van der Waals surface area (Å²) in [6.07, 6.45) is 0. The fourth-order valence-electron chi connectivity index (χ4n) is 2.73. The third-order valence-corrected chi connectivity index (χ3v) is 7.51. The van der Waals surface area contributed by atoms with Crippen LogP contribution in [-0.4, -0.2) is 8.42 Å². The molecule has 0 saturated carbocycles. The smallest absolute Gasteiger partial charge is 0.219 e. The third-order valence-electron chi connectivity index (χ3n) is 4.24. The molecule has 0 fully saturated rings. The van der Waals surface area contributed by atoms with Crippen LogP contribution in [0.25, 0.3) is 0 Å². The van der Waals surface area contributed by atoms with Gasteiger partial charge in [-0.2, -0.15) is 5.26 Å². The molecule has 0 amide bonds. The first-order valence-electron chi connectivity index (χ1n) is 9.06. The molecule has 0 unspecified atom stereocenters. The molecule has 3 aromatic carbocycles. The Morgan fingerprint density at radius 3 is 2.40 bits per heavy atom. The van der Waals surface area contributed by atoms with Crippen molar-refractivity contribution < 1.29 is 8.42 Å². The molecule has 0 aliphatic carbocycles. The highest BCUT2D eigenvalue weighted by Crippen LogP contribution is 2.32. The Bertz CT molecular complexity index is 1220. The van der Waals surface area contributed by atoms with Crippen LogP contribution < -0.4 is 5.32 Å². The van der Waals surface area contributed by atoms with E-state index in [9.17, 15) is 13.7 Å². The van der Waals surface area contributed by atoms with E-state index < -0.39 is 9.84 Å². The van der Waals surface area contributed by atoms with Crippen molar-refractivity contribution in [1.82, 2.24) is 0 Å². The van der Waals surface area contributed by atoms with Crippen LogP contribution in [0.3, 0.4) is 0 Å². The zero-order valence-electron chi connectivity index (χ0n) is 16.2. The summed E-state index contributed by atoms with van der Waals surface area (Å²) in [6.45, 7) is 1.94. The van der Waals surface area contributed by atoms with Crippen molar-refractivity contribution in [2.24, 2.45) is 0 Å². The van der Waals surface area contributed by atoms with Crippen LogP contribution in [-0.2, 0) is 15.6 Å². The second-order valence-electron chi connectivity index (χ2n) is 6.46. The van der Waals surface area contributed by atoms with Crippen LogP contribution in [0.1, 0.15) is 11.1 Å². The minimum absolute atomic E-state index is 0.0726. The molecule has 0 bridgehead atoms. The van der Waals surface area contributed by atoms with Gasteiger partial charge in [-0.05, 0) is 48.4 Å². The normalized spacial score (nSPS) is 12.0. The Morgan fingerprint density at radius 1 is 1.03 bits per heavy atom. The molecule has 3 aromatic rings. The van der Waals surface area contributed by atoms with Crippen LogP contribution in [0.2, 0.25) is 5.02 Å². The lowest BCUT2D eigenvalue weighted by molar-refractivity contribution is 0.603. The summed E-state index contributed by atoms with van der Waals surface area (Å²) in [7, 11) is -3.99. The SMILES string of the molecule is Cc1cccc(N/C(SCc2ccccc2Cl)=C(/C#N)S(=O)(=O)c2ccccc2)c1. The molecule has 0 aromatic heterocycles. The van der Waals surface area contributed by atoms with E-state index >= 15 is 0 Å². The topological polar surface area (TPSA) is 70.0 Å². The number of aryl methyl sites for hydroxylation is 1. The van der Waals surface area contributed by atoms with Gasteiger partial charge < -0.3 is 5.32 Å². The van der Waals surface area contributed by atoms with E-state index in [1.165, 1.54) is 23.9 Å². The summed E-state index contributed by atoms with van der Waals surface area (Å²) in [6, 6.07) is 24.7. The predicted octanol–water partition coefficient (Wildman–Crippen LogP) is 6.16. The van der Waals surface area contributed by atoms with Gasteiger partial charge in [-0.1, -0.05) is 60.1 Å². The molecule has 30 heavy (non-hydrogen) atoms. The molecule has 3 rings (SSSR count). The Balaban J connectivity index is 2.06. The number of hydrogen-bond donors (Lipinski definition) is 1. The number of hydrogen-bond acceptors (Lipinski definition) is 5. The molecule has 0 heterocycles. The van der Waals surface area contributed by atoms with E-state index in [0.717, 1.165) is 11.1 Å². The standard InChI is InChI=1S/C23H19ClN2O2S2/c1-17-8-7-10-19(14-17)26-23(29-16-18-9-5-6-13-21(18)24)22(15-25)30(27,28)20-11-3-2-4-12-20/h2-14,26H,16H2,1H3/b23-22+. The van der Waals surface area contributed by atoms with E-state index in [-0.39, 0.29) is 14.8 Å². The lowest BCUT2D eigenvalue weighted by Gasteiger charge is -2.15. The molecule has 0 aliphatic heterocycles. The van der Waals surface area contributed by atoms with E-state index in [1.807, 2.05) is 55.5 Å². The average molecular weight is 455 g/mol. The van der Waals surface area contributed by atoms with E-state index in [4.69, 9.17) is 11.6 Å². The Hall–Kier alpha value is -2.72. The fraction of sp³-hybridized carbons (Fsp3) is 0.0870. The molecule has 0 atom stereocenters. The predicted molar refractivity (Wildman–Crippen MR) is 124 cm³/mol. The number of allylic oxidation sites excluding steroid dienone is 1. The molecule has 4 nitrogen and oxygen atoms in total. The van der Waals surface area contributed by atoms with Crippen molar-refractivity contribution in [2.75, 3.05) is 5.32 Å². The first-order valence-corrected chi connectivity index (χ1v) is 11.9. The zero-order chi connectivity index (χ0) is 21.6. The first-order chi connectivity index (χ1) is 14.4. The van der Waals surface area contributed by atoms with Crippen molar-refractivity contribution in [1.29, 1.82) is 5.26 Å². The summed E-state index contributed by atoms with van der Waals surface area (Å²) in [4.78, 5) is -0.254. The van der Waals surface area contributed by atoms with Gasteiger partial charge >= 0.3 is 0 Å². The van der Waals surface area contributed by atoms with Gasteiger partial charge in [-0.15, -0.1) is 11.8 Å². The Morgan fingerprint density at radius 2 is 1.73 bits per heavy atom. The second kappa shape index (κ2) is 9.86. The van der Waals surface area contributed by atoms with Gasteiger partial charge in [-0.3, -0.25) is 0 Å². The van der Waals surface area contributed by atoms with Gasteiger partial charge in [0.2, 0.25) is 9.84 Å². The van der Waals surface area contributed by atoms with Gasteiger partial charge in [0, 0.05) is 16.5 Å². The minimum Gasteiger partial charge on any atom is -0.349 e. The zero-order valence-corrected chi connectivity index (χ0v) is 18.6. The molecule has 152 valence electrons. The third kappa shape index (κ3) is 5.25. The van der Waals surface area contributed by atoms with Crippen LogP contribution in [0.5, 0.6) is 0 Å². The molecule has 7 heteroatoms. The van der Waals surface area contributed by atoms with E-state index in [0.29, 0.717) is 16.5 Å². The molecule has 0 aliphatic rings. The summed E-state index contributed by atoms with van der Waals surface area (Å²) in [5.74, 6) is 0.406. The Labute approximate surface area is 186 Å². The number of benzene rings is 3. The molecule has 1 N–H and O–H groups in total. The maximum absolute atomic E-state index is 13.2. The van der Waals surface area contributed by atoms with Crippen LogP contribution in [0, 0.1) is 18.3 Å². The van der Waals surface area contributed by atoms with Gasteiger partial charge in [0.1, 0.15) is 11.1 Å². The molecular weight excluding hydrogens is 436 g/mol. The Kier molecular flexibility index (Phi) is 7.22. The van der Waals surface area contributed by atoms with E-state index in [1.54, 1.807) is 24.3 Å². The number of thioether (sulfide) groups is 1. The molecule has 0 saturated heterocycles. The maximum atomic E-state index is 13.2. The van der Waals surface area contributed by atoms with E-state index in [2.05, 4.69) is 5.32 Å². The second-order valence-corrected chi connectivity index (χ2v) is 9.74. The molecule has 0 spiro atoms. The lowest BCUT2D eigenvalue weighted by atomic mass is 10.2. The van der Waals surface area contributed by atoms with Gasteiger partial charge in [0.25, 0.3) is 0 Å². The largest absolute Gasteiger partial charge is 0.349 e. The number of rotatable bonds is 7. The van der Waals surface area contributed by atoms with Crippen LogP contribution in [0.4, 0.5) is 5.69 Å². The lowest BCUT2D eigenvalue weighted by Crippen LogP contribution is -2.10. The van der Waals surface area contributed by atoms with Crippen molar-refractivity contribution in [3.05, 3.63) is 105 Å². The summed E-state index contributed by atoms with van der Waals surface area (Å²) < 4.78 is 26.4. The summed E-state index contributed by atoms with van der Waals surface area (Å²) in [5, 5.41) is 13.8. The number of halogens is 1. The minimum atomic E-state index is -3.99. The first kappa shape index (κ1) is 22.0. The number of nitriles is 1. The fourth-order valence-corrected chi connectivity index (χ4v) is 5.60. The average Bonchev–Trinajstić information content (AvgIpc) is 2.74. The van der Waals surface area contributed by atoms with Gasteiger partial charge in [0.15, 0.2) is 4.91 Å². The number of anilines is 1. The van der Waals surface area contributed by atoms with Crippen molar-refractivity contribution in [2.45, 2.75) is 17.6 Å². The quantitative estimate of drug-likeness (QED) is 0.433. The highest BCUT2D eigenvalue weighted by molar-refractivity contribution is 8.04. The monoisotopic (exact) mass is 454 g/mol. The maximum Gasteiger partial charge on any atom is 0.219 e. The highest BCUT2D eigenvalue weighted by atomic mass is 35.5. The molecule has 0 radical (unpaired) electrons. The van der Waals surface area contributed by atoms with Crippen molar-refractivity contribution in [3.8, 4) is 6.07 Å². The van der Waals surface area contributed by atoms with Crippen LogP contribution in [0.15, 0.2) is 93.7 Å². The van der Waals surface area contributed by atoms with Crippen LogP contribution >= 0.6 is 23.4 Å². The number of nitrogens with one attached hydrogen (secondary N) is 1. The summed E-state index contributed by atoms with van der Waals surface area (Å²) in [5.41, 5.74) is 2.56. The number of nitrogens with zero attached hydrogens (tertiary/aromatic N) is 1. The van der Waals surface area contributed by atoms with Gasteiger partial charge in [0.05, 0.1) is 4.90 Å². The highest BCUT2D eigenvalue weighted by Gasteiger charge is 2.25. The molecular formula is C23H19ClN2O2S2. The summed E-state index contributed by atoms with van der Waals surface area (Å²) >= 11 is 7.48. The van der Waals surface area contributed by atoms with Crippen molar-refractivity contribution in [3.63, 3.8) is 0 Å². The van der Waals surface area contributed by atoms with Gasteiger partial charge in [-0.25, -0.2) is 8.42 Å². The number of sulfone groups is 1.